The zero-order chi connectivity index (χ0) is 15.8. The standard InChI is InChI=1S/C17H21N3O2S/c1-12-9-14(18-22-12)15-3-2-6-19(15)11-17(21)20-7-4-16-13(10-20)5-8-23-16/h5,8-9,15H,2-4,6-7,10-11H2,1H3. The highest BCUT2D eigenvalue weighted by Crippen LogP contribution is 2.31. The molecule has 1 unspecified atom stereocenters. The predicted octanol–water partition coefficient (Wildman–Crippen LogP) is 2.77. The minimum atomic E-state index is 0.220. The van der Waals surface area contributed by atoms with E-state index in [2.05, 4.69) is 21.5 Å². The van der Waals surface area contributed by atoms with Crippen LogP contribution in [0, 0.1) is 6.92 Å². The summed E-state index contributed by atoms with van der Waals surface area (Å²) in [6.07, 6.45) is 3.15. The molecule has 0 radical (unpaired) electrons. The van der Waals surface area contributed by atoms with Crippen LogP contribution in [0.1, 0.15) is 40.8 Å². The predicted molar refractivity (Wildman–Crippen MR) is 88.2 cm³/mol. The molecule has 2 aliphatic rings. The topological polar surface area (TPSA) is 49.6 Å². The molecular formula is C17H21N3O2S. The first-order chi connectivity index (χ1) is 11.2. The molecule has 23 heavy (non-hydrogen) atoms. The Hall–Kier alpha value is -1.66. The summed E-state index contributed by atoms with van der Waals surface area (Å²) in [5.41, 5.74) is 2.28. The lowest BCUT2D eigenvalue weighted by Crippen LogP contribution is -2.42. The van der Waals surface area contributed by atoms with Crippen LogP contribution >= 0.6 is 11.3 Å². The summed E-state index contributed by atoms with van der Waals surface area (Å²) >= 11 is 1.80. The quantitative estimate of drug-likeness (QED) is 0.868. The van der Waals surface area contributed by atoms with Gasteiger partial charge in [-0.25, -0.2) is 0 Å². The Labute approximate surface area is 139 Å². The number of aryl methyl sites for hydroxylation is 1. The number of carbonyl (C=O) groups is 1. The van der Waals surface area contributed by atoms with E-state index in [9.17, 15) is 4.79 Å². The van der Waals surface area contributed by atoms with Crippen LogP contribution in [0.5, 0.6) is 0 Å². The number of rotatable bonds is 3. The van der Waals surface area contributed by atoms with Gasteiger partial charge in [-0.15, -0.1) is 11.3 Å². The maximum atomic E-state index is 12.7. The van der Waals surface area contributed by atoms with Gasteiger partial charge in [0.1, 0.15) is 11.5 Å². The zero-order valence-electron chi connectivity index (χ0n) is 13.3. The molecule has 1 amide bonds. The Morgan fingerprint density at radius 2 is 2.39 bits per heavy atom. The van der Waals surface area contributed by atoms with Crippen LogP contribution in [-0.2, 0) is 17.8 Å². The van der Waals surface area contributed by atoms with E-state index < -0.39 is 0 Å². The lowest BCUT2D eigenvalue weighted by Gasteiger charge is -2.30. The second kappa shape index (κ2) is 6.09. The molecule has 6 heteroatoms. The molecule has 1 atom stereocenters. The van der Waals surface area contributed by atoms with Crippen molar-refractivity contribution >= 4 is 17.2 Å². The first-order valence-corrected chi connectivity index (χ1v) is 9.09. The molecule has 2 aliphatic heterocycles. The molecule has 0 aliphatic carbocycles. The van der Waals surface area contributed by atoms with Gasteiger partial charge < -0.3 is 9.42 Å². The Bertz CT molecular complexity index is 708. The van der Waals surface area contributed by atoms with E-state index in [1.165, 1.54) is 10.4 Å². The van der Waals surface area contributed by atoms with Gasteiger partial charge in [-0.1, -0.05) is 5.16 Å². The Morgan fingerprint density at radius 3 is 3.22 bits per heavy atom. The fraction of sp³-hybridized carbons (Fsp3) is 0.529. The second-order valence-corrected chi connectivity index (χ2v) is 7.43. The van der Waals surface area contributed by atoms with Crippen molar-refractivity contribution in [3.63, 3.8) is 0 Å². The van der Waals surface area contributed by atoms with Crippen molar-refractivity contribution < 1.29 is 9.32 Å². The fourth-order valence-electron chi connectivity index (χ4n) is 3.63. The van der Waals surface area contributed by atoms with Crippen molar-refractivity contribution in [1.29, 1.82) is 0 Å². The lowest BCUT2D eigenvalue weighted by molar-refractivity contribution is -0.133. The van der Waals surface area contributed by atoms with E-state index in [4.69, 9.17) is 4.52 Å². The Morgan fingerprint density at radius 1 is 1.48 bits per heavy atom. The van der Waals surface area contributed by atoms with Gasteiger partial charge in [0.25, 0.3) is 0 Å². The van der Waals surface area contributed by atoms with Crippen molar-refractivity contribution in [1.82, 2.24) is 15.0 Å². The van der Waals surface area contributed by atoms with Crippen molar-refractivity contribution in [2.24, 2.45) is 0 Å². The van der Waals surface area contributed by atoms with Gasteiger partial charge in [-0.2, -0.15) is 0 Å². The van der Waals surface area contributed by atoms with Gasteiger partial charge in [0, 0.05) is 24.0 Å². The van der Waals surface area contributed by atoms with Gasteiger partial charge in [0.05, 0.1) is 12.6 Å². The maximum Gasteiger partial charge on any atom is 0.237 e. The second-order valence-electron chi connectivity index (χ2n) is 6.43. The molecule has 4 rings (SSSR count). The number of fused-ring (bicyclic) bond motifs is 1. The molecular weight excluding hydrogens is 310 g/mol. The number of hydrogen-bond acceptors (Lipinski definition) is 5. The van der Waals surface area contributed by atoms with E-state index in [1.807, 2.05) is 17.9 Å². The van der Waals surface area contributed by atoms with Crippen molar-refractivity contribution in [2.75, 3.05) is 19.6 Å². The molecule has 0 spiro atoms. The summed E-state index contributed by atoms with van der Waals surface area (Å²) in [7, 11) is 0. The summed E-state index contributed by atoms with van der Waals surface area (Å²) in [6.45, 7) is 4.95. The van der Waals surface area contributed by atoms with Crippen LogP contribution in [-0.4, -0.2) is 40.5 Å². The molecule has 2 aromatic rings. The van der Waals surface area contributed by atoms with Gasteiger partial charge in [-0.05, 0) is 49.7 Å². The highest BCUT2D eigenvalue weighted by atomic mass is 32.1. The third-order valence-electron chi connectivity index (χ3n) is 4.85. The van der Waals surface area contributed by atoms with Crippen LogP contribution in [0.4, 0.5) is 0 Å². The van der Waals surface area contributed by atoms with E-state index in [0.29, 0.717) is 6.54 Å². The van der Waals surface area contributed by atoms with E-state index in [0.717, 1.165) is 50.4 Å². The van der Waals surface area contributed by atoms with Crippen LogP contribution in [0.15, 0.2) is 22.0 Å². The average Bonchev–Trinajstić information content (AvgIpc) is 3.26. The normalized spacial score (nSPS) is 21.6. The van der Waals surface area contributed by atoms with Gasteiger partial charge in [0.2, 0.25) is 5.91 Å². The van der Waals surface area contributed by atoms with Crippen molar-refractivity contribution in [3.8, 4) is 0 Å². The largest absolute Gasteiger partial charge is 0.361 e. The molecule has 0 aromatic carbocycles. The Kier molecular flexibility index (Phi) is 3.95. The molecule has 2 aromatic heterocycles. The first-order valence-electron chi connectivity index (χ1n) is 8.21. The molecule has 1 fully saturated rings. The number of carbonyl (C=O) groups excluding carboxylic acids is 1. The molecule has 5 nitrogen and oxygen atoms in total. The smallest absolute Gasteiger partial charge is 0.237 e. The number of likely N-dealkylation sites (tertiary alicyclic amines) is 1. The summed E-state index contributed by atoms with van der Waals surface area (Å²) in [5, 5.41) is 6.28. The molecule has 0 saturated carbocycles. The van der Waals surface area contributed by atoms with Crippen LogP contribution in [0.2, 0.25) is 0 Å². The summed E-state index contributed by atoms with van der Waals surface area (Å²) < 4.78 is 5.21. The summed E-state index contributed by atoms with van der Waals surface area (Å²) in [5.74, 6) is 1.06. The molecule has 1 saturated heterocycles. The summed E-state index contributed by atoms with van der Waals surface area (Å²) in [6, 6.07) is 4.36. The monoisotopic (exact) mass is 331 g/mol. The number of nitrogens with zero attached hydrogens (tertiary/aromatic N) is 3. The third-order valence-corrected chi connectivity index (χ3v) is 5.87. The highest BCUT2D eigenvalue weighted by molar-refractivity contribution is 7.10. The van der Waals surface area contributed by atoms with E-state index in [-0.39, 0.29) is 11.9 Å². The SMILES string of the molecule is Cc1cc(C2CCCN2CC(=O)N2CCc3sccc3C2)no1. The fourth-order valence-corrected chi connectivity index (χ4v) is 4.52. The highest BCUT2D eigenvalue weighted by Gasteiger charge is 2.31. The maximum absolute atomic E-state index is 12.7. The van der Waals surface area contributed by atoms with Gasteiger partial charge >= 0.3 is 0 Å². The van der Waals surface area contributed by atoms with Gasteiger partial charge in [-0.3, -0.25) is 9.69 Å². The number of thiophene rings is 1. The van der Waals surface area contributed by atoms with E-state index >= 15 is 0 Å². The van der Waals surface area contributed by atoms with Crippen LogP contribution in [0.25, 0.3) is 0 Å². The van der Waals surface area contributed by atoms with Crippen LogP contribution < -0.4 is 0 Å². The molecule has 122 valence electrons. The third kappa shape index (κ3) is 2.93. The minimum absolute atomic E-state index is 0.220. The van der Waals surface area contributed by atoms with Gasteiger partial charge in [0.15, 0.2) is 0 Å². The average molecular weight is 331 g/mol. The Balaban J connectivity index is 1.42. The molecule has 0 bridgehead atoms. The zero-order valence-corrected chi connectivity index (χ0v) is 14.1. The summed E-state index contributed by atoms with van der Waals surface area (Å²) in [4.78, 5) is 18.4. The van der Waals surface area contributed by atoms with Crippen molar-refractivity contribution in [3.05, 3.63) is 39.4 Å². The number of amides is 1. The molecule has 4 heterocycles. The number of hydrogen-bond donors (Lipinski definition) is 0. The first kappa shape index (κ1) is 14.9. The minimum Gasteiger partial charge on any atom is -0.361 e. The lowest BCUT2D eigenvalue weighted by atomic mass is 10.1. The van der Waals surface area contributed by atoms with E-state index in [1.54, 1.807) is 11.3 Å². The number of aromatic nitrogens is 1. The van der Waals surface area contributed by atoms with Crippen LogP contribution in [0.3, 0.4) is 0 Å². The van der Waals surface area contributed by atoms with Crippen molar-refractivity contribution in [2.45, 2.75) is 38.8 Å². The molecule has 0 N–H and O–H groups in total.